The van der Waals surface area contributed by atoms with Crippen LogP contribution in [-0.2, 0) is 0 Å². The first-order valence-electron chi connectivity index (χ1n) is 8.57. The molecule has 3 aromatic rings. The minimum atomic E-state index is -0.373. The number of nitrogens with zero attached hydrogens (tertiary/aromatic N) is 4. The van der Waals surface area contributed by atoms with E-state index in [1.54, 1.807) is 18.3 Å². The van der Waals surface area contributed by atoms with Crippen LogP contribution in [0.3, 0.4) is 0 Å². The molecule has 0 spiro atoms. The molecule has 0 N–H and O–H groups in total. The molecule has 0 atom stereocenters. The van der Waals surface area contributed by atoms with Gasteiger partial charge in [-0.25, -0.2) is 5.01 Å². The van der Waals surface area contributed by atoms with Crippen molar-refractivity contribution in [2.45, 2.75) is 6.42 Å². The highest BCUT2D eigenvalue weighted by atomic mass is 16.3. The van der Waals surface area contributed by atoms with Crippen LogP contribution in [0.1, 0.15) is 22.5 Å². The van der Waals surface area contributed by atoms with Crippen LogP contribution in [0.5, 0.6) is 0 Å². The molecule has 0 fully saturated rings. The summed E-state index contributed by atoms with van der Waals surface area (Å²) in [4.78, 5) is 14.8. The normalized spacial score (nSPS) is 10.9. The van der Waals surface area contributed by atoms with E-state index >= 15 is 0 Å². The van der Waals surface area contributed by atoms with Gasteiger partial charge in [-0.05, 0) is 29.8 Å². The number of hydrazone groups is 1. The Morgan fingerprint density at radius 3 is 2.59 bits per heavy atom. The molecule has 0 unspecified atom stereocenters. The van der Waals surface area contributed by atoms with E-state index in [1.807, 2.05) is 67.5 Å². The van der Waals surface area contributed by atoms with Crippen LogP contribution in [0.2, 0.25) is 0 Å². The van der Waals surface area contributed by atoms with Crippen molar-refractivity contribution in [1.29, 1.82) is 5.26 Å². The Morgan fingerprint density at radius 2 is 1.93 bits per heavy atom. The fourth-order valence-corrected chi connectivity index (χ4v) is 2.58. The average Bonchev–Trinajstić information content (AvgIpc) is 3.12. The van der Waals surface area contributed by atoms with Gasteiger partial charge in [0, 0.05) is 25.2 Å². The molecule has 6 heteroatoms. The Balaban J connectivity index is 1.82. The van der Waals surface area contributed by atoms with Crippen LogP contribution in [0.15, 0.2) is 64.1 Å². The molecule has 1 heterocycles. The number of nitriles is 1. The quantitative estimate of drug-likeness (QED) is 0.494. The highest BCUT2D eigenvalue weighted by molar-refractivity contribution is 5.96. The molecular formula is C21H20N4O2. The van der Waals surface area contributed by atoms with E-state index in [2.05, 4.69) is 5.10 Å². The summed E-state index contributed by atoms with van der Waals surface area (Å²) in [7, 11) is 3.94. The van der Waals surface area contributed by atoms with Crippen LogP contribution in [0, 0.1) is 11.3 Å². The molecule has 136 valence electrons. The molecule has 6 nitrogen and oxygen atoms in total. The van der Waals surface area contributed by atoms with E-state index in [0.29, 0.717) is 5.58 Å². The third-order valence-electron chi connectivity index (χ3n) is 4.06. The Labute approximate surface area is 157 Å². The number of hydrogen-bond acceptors (Lipinski definition) is 5. The molecule has 0 aliphatic heterocycles. The van der Waals surface area contributed by atoms with E-state index in [-0.39, 0.29) is 24.6 Å². The third kappa shape index (κ3) is 4.33. The van der Waals surface area contributed by atoms with Crippen molar-refractivity contribution in [3.63, 3.8) is 0 Å². The number of amides is 1. The second kappa shape index (κ2) is 8.19. The van der Waals surface area contributed by atoms with Crippen molar-refractivity contribution < 1.29 is 9.21 Å². The van der Waals surface area contributed by atoms with Crippen LogP contribution in [0.4, 0.5) is 5.69 Å². The van der Waals surface area contributed by atoms with Crippen molar-refractivity contribution in [1.82, 2.24) is 5.01 Å². The maximum atomic E-state index is 12.8. The SMILES string of the molecule is CN(C)c1ccc(/C=N\N(CCC#N)C(=O)c2cc3ccccc3o2)cc1. The zero-order valence-electron chi connectivity index (χ0n) is 15.3. The lowest BCUT2D eigenvalue weighted by molar-refractivity contribution is 0.0735. The van der Waals surface area contributed by atoms with E-state index in [0.717, 1.165) is 16.6 Å². The lowest BCUT2D eigenvalue weighted by Crippen LogP contribution is -2.26. The zero-order chi connectivity index (χ0) is 19.2. The van der Waals surface area contributed by atoms with Gasteiger partial charge in [0.1, 0.15) is 5.58 Å². The van der Waals surface area contributed by atoms with E-state index < -0.39 is 0 Å². The van der Waals surface area contributed by atoms with Crippen molar-refractivity contribution in [3.05, 3.63) is 65.9 Å². The number of para-hydroxylation sites is 1. The summed E-state index contributed by atoms with van der Waals surface area (Å²) in [5, 5.41) is 15.3. The monoisotopic (exact) mass is 360 g/mol. The molecule has 3 rings (SSSR count). The van der Waals surface area contributed by atoms with Crippen LogP contribution < -0.4 is 4.90 Å². The maximum Gasteiger partial charge on any atom is 0.309 e. The zero-order valence-corrected chi connectivity index (χ0v) is 15.3. The third-order valence-corrected chi connectivity index (χ3v) is 4.06. The number of anilines is 1. The molecule has 27 heavy (non-hydrogen) atoms. The molecule has 1 aromatic heterocycles. The highest BCUT2D eigenvalue weighted by Gasteiger charge is 2.19. The summed E-state index contributed by atoms with van der Waals surface area (Å²) in [6.45, 7) is 0.193. The summed E-state index contributed by atoms with van der Waals surface area (Å²) in [5.74, 6) is -0.170. The Morgan fingerprint density at radius 1 is 1.19 bits per heavy atom. The largest absolute Gasteiger partial charge is 0.451 e. The number of fused-ring (bicyclic) bond motifs is 1. The van der Waals surface area contributed by atoms with Gasteiger partial charge in [0.05, 0.1) is 25.2 Å². The number of rotatable bonds is 6. The summed E-state index contributed by atoms with van der Waals surface area (Å²) in [5.41, 5.74) is 2.58. The average molecular weight is 360 g/mol. The van der Waals surface area contributed by atoms with Gasteiger partial charge in [-0.15, -0.1) is 0 Å². The Bertz CT molecular complexity index is 964. The number of furan rings is 1. The summed E-state index contributed by atoms with van der Waals surface area (Å²) in [6, 6.07) is 19.0. The second-order valence-corrected chi connectivity index (χ2v) is 6.22. The van der Waals surface area contributed by atoms with Crippen LogP contribution >= 0.6 is 0 Å². The van der Waals surface area contributed by atoms with Crippen molar-refractivity contribution in [3.8, 4) is 6.07 Å². The molecule has 0 aliphatic carbocycles. The summed E-state index contributed by atoms with van der Waals surface area (Å²) in [6.07, 6.45) is 1.79. The first-order chi connectivity index (χ1) is 13.1. The Hall–Kier alpha value is -3.59. The Kier molecular flexibility index (Phi) is 5.53. The number of carbonyl (C=O) groups is 1. The number of carbonyl (C=O) groups excluding carboxylic acids is 1. The fraction of sp³-hybridized carbons (Fsp3) is 0.190. The van der Waals surface area contributed by atoms with Gasteiger partial charge < -0.3 is 9.32 Å². The van der Waals surface area contributed by atoms with E-state index in [1.165, 1.54) is 5.01 Å². The lowest BCUT2D eigenvalue weighted by Gasteiger charge is -2.14. The van der Waals surface area contributed by atoms with Gasteiger partial charge >= 0.3 is 5.91 Å². The standard InChI is InChI=1S/C21H20N4O2/c1-24(2)18-10-8-16(9-11-18)15-23-25(13-5-12-22)21(26)20-14-17-6-3-4-7-19(17)27-20/h3-4,6-11,14-15H,5,13H2,1-2H3/b23-15-. The maximum absolute atomic E-state index is 12.8. The van der Waals surface area contributed by atoms with Gasteiger partial charge in [-0.2, -0.15) is 10.4 Å². The van der Waals surface area contributed by atoms with Gasteiger partial charge in [-0.1, -0.05) is 30.3 Å². The number of benzene rings is 2. The van der Waals surface area contributed by atoms with Gasteiger partial charge in [0.25, 0.3) is 0 Å². The fourth-order valence-electron chi connectivity index (χ4n) is 2.58. The summed E-state index contributed by atoms with van der Waals surface area (Å²) < 4.78 is 5.63. The van der Waals surface area contributed by atoms with Crippen molar-refractivity contribution >= 4 is 28.8 Å². The first kappa shape index (κ1) is 18.2. The molecule has 0 radical (unpaired) electrons. The smallest absolute Gasteiger partial charge is 0.309 e. The summed E-state index contributed by atoms with van der Waals surface area (Å²) >= 11 is 0. The molecule has 2 aromatic carbocycles. The molecular weight excluding hydrogens is 340 g/mol. The van der Waals surface area contributed by atoms with E-state index in [4.69, 9.17) is 9.68 Å². The minimum absolute atomic E-state index is 0.183. The van der Waals surface area contributed by atoms with Crippen LogP contribution in [0.25, 0.3) is 11.0 Å². The number of hydrogen-bond donors (Lipinski definition) is 0. The molecule has 0 bridgehead atoms. The van der Waals surface area contributed by atoms with E-state index in [9.17, 15) is 4.79 Å². The molecule has 0 saturated carbocycles. The van der Waals surface area contributed by atoms with Crippen LogP contribution in [-0.4, -0.2) is 37.8 Å². The van der Waals surface area contributed by atoms with Gasteiger partial charge in [0.2, 0.25) is 0 Å². The molecule has 0 aliphatic rings. The van der Waals surface area contributed by atoms with Gasteiger partial charge in [0.15, 0.2) is 5.76 Å². The predicted octanol–water partition coefficient (Wildman–Crippen LogP) is 3.89. The molecule has 1 amide bonds. The molecule has 0 saturated heterocycles. The second-order valence-electron chi connectivity index (χ2n) is 6.22. The lowest BCUT2D eigenvalue weighted by atomic mass is 10.2. The van der Waals surface area contributed by atoms with Gasteiger partial charge in [-0.3, -0.25) is 4.79 Å². The topological polar surface area (TPSA) is 72.8 Å². The van der Waals surface area contributed by atoms with Crippen molar-refractivity contribution in [2.24, 2.45) is 5.10 Å². The first-order valence-corrected chi connectivity index (χ1v) is 8.57. The van der Waals surface area contributed by atoms with Crippen molar-refractivity contribution in [2.75, 3.05) is 25.5 Å². The predicted molar refractivity (Wildman–Crippen MR) is 106 cm³/mol. The minimum Gasteiger partial charge on any atom is -0.451 e. The highest BCUT2D eigenvalue weighted by Crippen LogP contribution is 2.20.